The Morgan fingerprint density at radius 3 is 1.90 bits per heavy atom. The third-order valence-corrected chi connectivity index (χ3v) is 14.8. The van der Waals surface area contributed by atoms with Crippen LogP contribution < -0.4 is 15.3 Å². The molecule has 0 fully saturated rings. The third-order valence-electron chi connectivity index (χ3n) is 11.3. The first kappa shape index (κ1) is 29.4. The van der Waals surface area contributed by atoms with Crippen molar-refractivity contribution in [2.75, 3.05) is 4.90 Å². The van der Waals surface area contributed by atoms with Crippen molar-refractivity contribution in [1.82, 2.24) is 0 Å². The Kier molecular flexibility index (Phi) is 6.11. The molecule has 4 heteroatoms. The summed E-state index contributed by atoms with van der Waals surface area (Å²) in [6.45, 7) is 4.97. The smallest absolute Gasteiger partial charge is 0.137 e. The van der Waals surface area contributed by atoms with Crippen molar-refractivity contribution in [3.63, 3.8) is 0 Å². The van der Waals surface area contributed by atoms with Gasteiger partial charge < -0.3 is 13.7 Å². The molecule has 0 spiro atoms. The minimum Gasteiger partial charge on any atom is -0.456 e. The fourth-order valence-electron chi connectivity index (χ4n) is 8.74. The topological polar surface area (TPSA) is 29.5 Å². The van der Waals surface area contributed by atoms with Crippen LogP contribution in [0.4, 0.5) is 17.1 Å². The molecule has 0 bridgehead atoms. The van der Waals surface area contributed by atoms with Crippen LogP contribution in [0.5, 0.6) is 0 Å². The van der Waals surface area contributed by atoms with E-state index in [1.54, 1.807) is 0 Å². The van der Waals surface area contributed by atoms with Crippen LogP contribution in [-0.2, 0) is 0 Å². The standard InChI is InChI=1S/C48H33NO2Si/c1-52(2)45-27-26-43-47(39-14-6-8-17-42(39)50-43)48(45)40-25-23-34(29-46(40)52)49(33-22-24-38-37-13-5-7-16-41(37)51-44(38)28-33)32-20-18-31(19-21-32)36-15-9-11-30-10-3-4-12-35(30)36/h3-29H,1-2H3. The van der Waals surface area contributed by atoms with Gasteiger partial charge >= 0.3 is 0 Å². The van der Waals surface area contributed by atoms with Gasteiger partial charge in [-0.25, -0.2) is 0 Å². The minimum absolute atomic E-state index is 0.883. The van der Waals surface area contributed by atoms with Gasteiger partial charge in [0.05, 0.1) is 0 Å². The maximum absolute atomic E-state index is 6.42. The summed E-state index contributed by atoms with van der Waals surface area (Å²) in [6.07, 6.45) is 0. The number of para-hydroxylation sites is 2. The molecule has 0 saturated heterocycles. The van der Waals surface area contributed by atoms with Gasteiger partial charge in [0.1, 0.15) is 30.4 Å². The van der Waals surface area contributed by atoms with E-state index in [1.807, 2.05) is 12.1 Å². The van der Waals surface area contributed by atoms with Crippen LogP contribution in [0.3, 0.4) is 0 Å². The SMILES string of the molecule is C[Si]1(C)c2cc(N(c3ccc(-c4cccc5ccccc45)cc3)c3ccc4c(c3)oc3ccccc34)ccc2-c2c1ccc1oc3ccccc3c21. The van der Waals surface area contributed by atoms with E-state index < -0.39 is 8.07 Å². The highest BCUT2D eigenvalue weighted by atomic mass is 28.3. The summed E-state index contributed by atoms with van der Waals surface area (Å²) in [5.74, 6) is 0. The number of rotatable bonds is 4. The summed E-state index contributed by atoms with van der Waals surface area (Å²) < 4.78 is 12.8. The van der Waals surface area contributed by atoms with Gasteiger partial charge in [-0.3, -0.25) is 0 Å². The molecule has 0 unspecified atom stereocenters. The Morgan fingerprint density at radius 1 is 0.423 bits per heavy atom. The molecule has 0 amide bonds. The van der Waals surface area contributed by atoms with E-state index in [2.05, 4.69) is 170 Å². The minimum atomic E-state index is -2.07. The zero-order valence-electron chi connectivity index (χ0n) is 28.9. The number of furan rings is 2. The molecule has 10 aromatic rings. The number of benzene rings is 8. The van der Waals surface area contributed by atoms with Crippen LogP contribution in [0.2, 0.25) is 13.1 Å². The Hall–Kier alpha value is -6.36. The summed E-state index contributed by atoms with van der Waals surface area (Å²) in [7, 11) is -2.07. The molecular weight excluding hydrogens is 651 g/mol. The molecule has 1 aliphatic heterocycles. The first-order valence-electron chi connectivity index (χ1n) is 17.9. The third kappa shape index (κ3) is 4.19. The predicted octanol–water partition coefficient (Wildman–Crippen LogP) is 12.6. The predicted molar refractivity (Wildman–Crippen MR) is 221 cm³/mol. The monoisotopic (exact) mass is 683 g/mol. The lowest BCUT2D eigenvalue weighted by Crippen LogP contribution is -2.49. The van der Waals surface area contributed by atoms with E-state index in [9.17, 15) is 0 Å². The van der Waals surface area contributed by atoms with Crippen molar-refractivity contribution in [1.29, 1.82) is 0 Å². The van der Waals surface area contributed by atoms with Crippen molar-refractivity contribution in [2.45, 2.75) is 13.1 Å². The van der Waals surface area contributed by atoms with E-state index in [4.69, 9.17) is 8.83 Å². The molecule has 0 radical (unpaired) electrons. The van der Waals surface area contributed by atoms with E-state index >= 15 is 0 Å². The number of anilines is 3. The van der Waals surface area contributed by atoms with Crippen molar-refractivity contribution in [3.05, 3.63) is 164 Å². The first-order chi connectivity index (χ1) is 25.5. The summed E-state index contributed by atoms with van der Waals surface area (Å²) in [6, 6.07) is 59.1. The normalized spacial score (nSPS) is 13.3. The second-order valence-electron chi connectivity index (χ2n) is 14.5. The Morgan fingerprint density at radius 2 is 1.06 bits per heavy atom. The summed E-state index contributed by atoms with van der Waals surface area (Å²) in [4.78, 5) is 2.39. The second kappa shape index (κ2) is 10.8. The van der Waals surface area contributed by atoms with Crippen LogP contribution >= 0.6 is 0 Å². The molecule has 0 saturated carbocycles. The molecule has 52 heavy (non-hydrogen) atoms. The van der Waals surface area contributed by atoms with Crippen LogP contribution in [0.15, 0.2) is 173 Å². The number of hydrogen-bond acceptors (Lipinski definition) is 3. The molecule has 3 heterocycles. The van der Waals surface area contributed by atoms with Gasteiger partial charge in [0.2, 0.25) is 0 Å². The maximum Gasteiger partial charge on any atom is 0.137 e. The van der Waals surface area contributed by atoms with Gasteiger partial charge in [-0.05, 0) is 98.0 Å². The zero-order valence-corrected chi connectivity index (χ0v) is 29.9. The van der Waals surface area contributed by atoms with Gasteiger partial charge in [0.15, 0.2) is 0 Å². The summed E-state index contributed by atoms with van der Waals surface area (Å²) in [5, 5.41) is 10.1. The highest BCUT2D eigenvalue weighted by Crippen LogP contribution is 2.43. The zero-order chi connectivity index (χ0) is 34.6. The molecule has 0 atom stereocenters. The Bertz CT molecular complexity index is 3050. The van der Waals surface area contributed by atoms with E-state index in [1.165, 1.54) is 54.2 Å². The fourth-order valence-corrected chi connectivity index (χ4v) is 11.8. The molecule has 246 valence electrons. The van der Waals surface area contributed by atoms with Gasteiger partial charge in [0, 0.05) is 44.7 Å². The van der Waals surface area contributed by atoms with E-state index in [-0.39, 0.29) is 0 Å². The summed E-state index contributed by atoms with van der Waals surface area (Å²) >= 11 is 0. The van der Waals surface area contributed by atoms with Crippen LogP contribution in [0.25, 0.3) is 76.9 Å². The molecule has 3 nitrogen and oxygen atoms in total. The molecule has 2 aromatic heterocycles. The lowest BCUT2D eigenvalue weighted by Gasteiger charge is -2.27. The highest BCUT2D eigenvalue weighted by Gasteiger charge is 2.39. The second-order valence-corrected chi connectivity index (χ2v) is 18.8. The number of hydrogen-bond donors (Lipinski definition) is 0. The van der Waals surface area contributed by atoms with Gasteiger partial charge in [0.25, 0.3) is 0 Å². The molecule has 8 aromatic carbocycles. The molecule has 0 N–H and O–H groups in total. The quantitative estimate of drug-likeness (QED) is 0.173. The average Bonchev–Trinajstić information content (AvgIpc) is 3.82. The van der Waals surface area contributed by atoms with Crippen molar-refractivity contribution in [3.8, 4) is 22.3 Å². The van der Waals surface area contributed by atoms with Gasteiger partial charge in [-0.1, -0.05) is 116 Å². The maximum atomic E-state index is 6.42. The van der Waals surface area contributed by atoms with Gasteiger partial charge in [-0.15, -0.1) is 0 Å². The largest absolute Gasteiger partial charge is 0.456 e. The van der Waals surface area contributed by atoms with Gasteiger partial charge in [-0.2, -0.15) is 0 Å². The van der Waals surface area contributed by atoms with Crippen LogP contribution in [0.1, 0.15) is 0 Å². The molecule has 1 aliphatic rings. The van der Waals surface area contributed by atoms with Crippen LogP contribution in [-0.4, -0.2) is 8.07 Å². The van der Waals surface area contributed by atoms with E-state index in [0.29, 0.717) is 0 Å². The molecule has 0 aliphatic carbocycles. The lowest BCUT2D eigenvalue weighted by molar-refractivity contribution is 0.668. The molecule has 11 rings (SSSR count). The summed E-state index contributed by atoms with van der Waals surface area (Å²) in [5.41, 5.74) is 12.1. The molecular formula is C48H33NO2Si. The van der Waals surface area contributed by atoms with E-state index in [0.717, 1.165) is 50.2 Å². The van der Waals surface area contributed by atoms with Crippen molar-refractivity contribution in [2.24, 2.45) is 0 Å². The average molecular weight is 684 g/mol. The highest BCUT2D eigenvalue weighted by molar-refractivity contribution is 7.04. The Labute approximate surface area is 302 Å². The number of fused-ring (bicyclic) bond motifs is 11. The van der Waals surface area contributed by atoms with Crippen LogP contribution in [0, 0.1) is 0 Å². The first-order valence-corrected chi connectivity index (χ1v) is 20.9. The Balaban J connectivity index is 1.10. The lowest BCUT2D eigenvalue weighted by atomic mass is 9.97. The van der Waals surface area contributed by atoms with Crippen molar-refractivity contribution >= 4 is 90.2 Å². The number of nitrogens with zero attached hydrogens (tertiary/aromatic N) is 1. The van der Waals surface area contributed by atoms with Crippen molar-refractivity contribution < 1.29 is 8.83 Å². The fraction of sp³-hybridized carbons (Fsp3) is 0.0417.